The van der Waals surface area contributed by atoms with Gasteiger partial charge in [0.2, 0.25) is 0 Å². The smallest absolute Gasteiger partial charge is 0.0401 e. The molecular formula is C12H16N2. The van der Waals surface area contributed by atoms with Gasteiger partial charge in [-0.3, -0.25) is 4.99 Å². The maximum Gasteiger partial charge on any atom is 0.0401 e. The van der Waals surface area contributed by atoms with Crippen molar-refractivity contribution in [3.8, 4) is 0 Å². The van der Waals surface area contributed by atoms with E-state index in [-0.39, 0.29) is 0 Å². The fourth-order valence-electron chi connectivity index (χ4n) is 1.04. The van der Waals surface area contributed by atoms with Crippen LogP contribution in [0.5, 0.6) is 0 Å². The van der Waals surface area contributed by atoms with Crippen molar-refractivity contribution in [2.75, 3.05) is 13.1 Å². The number of hydrogen-bond acceptors (Lipinski definition) is 2. The second-order valence-corrected chi connectivity index (χ2v) is 2.97. The quantitative estimate of drug-likeness (QED) is 0.558. The summed E-state index contributed by atoms with van der Waals surface area (Å²) in [6.45, 7) is 1.52. The third-order valence-electron chi connectivity index (χ3n) is 1.77. The lowest BCUT2D eigenvalue weighted by Crippen LogP contribution is -1.99. The molecule has 0 bridgehead atoms. The first-order valence-corrected chi connectivity index (χ1v) is 4.85. The molecular weight excluding hydrogens is 172 g/mol. The van der Waals surface area contributed by atoms with Crippen LogP contribution in [0.1, 0.15) is 12.0 Å². The number of aliphatic imine (C=N–C) groups is 1. The van der Waals surface area contributed by atoms with Crippen molar-refractivity contribution in [1.82, 2.24) is 0 Å². The van der Waals surface area contributed by atoms with Crippen molar-refractivity contribution in [2.45, 2.75) is 6.42 Å². The van der Waals surface area contributed by atoms with Crippen molar-refractivity contribution in [3.05, 3.63) is 42.0 Å². The van der Waals surface area contributed by atoms with Crippen molar-refractivity contribution >= 4 is 12.3 Å². The number of benzene rings is 1. The lowest BCUT2D eigenvalue weighted by Gasteiger charge is -1.89. The molecule has 1 rings (SSSR count). The molecule has 0 aliphatic rings. The highest BCUT2D eigenvalue weighted by Gasteiger charge is 1.80. The van der Waals surface area contributed by atoms with Gasteiger partial charge in [-0.25, -0.2) is 0 Å². The first-order chi connectivity index (χ1) is 6.93. The molecule has 0 saturated carbocycles. The summed E-state index contributed by atoms with van der Waals surface area (Å²) in [5, 5.41) is 0. The minimum atomic E-state index is 0.708. The van der Waals surface area contributed by atoms with E-state index < -0.39 is 0 Å². The maximum atomic E-state index is 5.34. The SMILES string of the molecule is NCCCN=C/C=C/c1ccccc1. The maximum absolute atomic E-state index is 5.34. The molecule has 74 valence electrons. The summed E-state index contributed by atoms with van der Waals surface area (Å²) in [6, 6.07) is 10.2. The average Bonchev–Trinajstić information content (AvgIpc) is 2.25. The van der Waals surface area contributed by atoms with Gasteiger partial charge in [0.1, 0.15) is 0 Å². The van der Waals surface area contributed by atoms with E-state index in [2.05, 4.69) is 17.1 Å². The zero-order valence-electron chi connectivity index (χ0n) is 8.26. The molecule has 0 aliphatic heterocycles. The molecule has 2 N–H and O–H groups in total. The molecule has 0 unspecified atom stereocenters. The first kappa shape index (κ1) is 10.7. The Balaban J connectivity index is 2.31. The van der Waals surface area contributed by atoms with Gasteiger partial charge in [0, 0.05) is 12.8 Å². The van der Waals surface area contributed by atoms with E-state index in [9.17, 15) is 0 Å². The van der Waals surface area contributed by atoms with Gasteiger partial charge in [0.25, 0.3) is 0 Å². The Kier molecular flexibility index (Phi) is 5.36. The molecule has 0 spiro atoms. The van der Waals surface area contributed by atoms with Crippen molar-refractivity contribution in [2.24, 2.45) is 10.7 Å². The van der Waals surface area contributed by atoms with Crippen LogP contribution in [0.3, 0.4) is 0 Å². The molecule has 0 atom stereocenters. The molecule has 0 radical (unpaired) electrons. The molecule has 1 aromatic rings. The largest absolute Gasteiger partial charge is 0.330 e. The van der Waals surface area contributed by atoms with Crippen LogP contribution in [0.2, 0.25) is 0 Å². The summed E-state index contributed by atoms with van der Waals surface area (Å²) in [4.78, 5) is 4.18. The molecule has 1 aromatic carbocycles. The lowest BCUT2D eigenvalue weighted by atomic mass is 10.2. The zero-order valence-corrected chi connectivity index (χ0v) is 8.26. The van der Waals surface area contributed by atoms with Crippen LogP contribution in [0, 0.1) is 0 Å². The monoisotopic (exact) mass is 188 g/mol. The fourth-order valence-corrected chi connectivity index (χ4v) is 1.04. The van der Waals surface area contributed by atoms with Crippen LogP contribution in [-0.2, 0) is 0 Å². The fraction of sp³-hybridized carbons (Fsp3) is 0.250. The molecule has 0 saturated heterocycles. The Morgan fingerprint density at radius 1 is 1.21 bits per heavy atom. The van der Waals surface area contributed by atoms with Gasteiger partial charge in [0.15, 0.2) is 0 Å². The molecule has 2 heteroatoms. The number of rotatable bonds is 5. The van der Waals surface area contributed by atoms with E-state index in [0.717, 1.165) is 13.0 Å². The Morgan fingerprint density at radius 2 is 2.00 bits per heavy atom. The predicted molar refractivity (Wildman–Crippen MR) is 62.5 cm³/mol. The van der Waals surface area contributed by atoms with Crippen LogP contribution in [0.4, 0.5) is 0 Å². The van der Waals surface area contributed by atoms with E-state index in [0.29, 0.717) is 6.54 Å². The number of allylic oxidation sites excluding steroid dienone is 1. The van der Waals surface area contributed by atoms with Gasteiger partial charge < -0.3 is 5.73 Å². The minimum absolute atomic E-state index is 0.708. The minimum Gasteiger partial charge on any atom is -0.330 e. The van der Waals surface area contributed by atoms with E-state index in [1.165, 1.54) is 5.56 Å². The van der Waals surface area contributed by atoms with Gasteiger partial charge in [-0.2, -0.15) is 0 Å². The summed E-state index contributed by atoms with van der Waals surface area (Å²) >= 11 is 0. The summed E-state index contributed by atoms with van der Waals surface area (Å²) < 4.78 is 0. The predicted octanol–water partition coefficient (Wildman–Crippen LogP) is 2.12. The second-order valence-electron chi connectivity index (χ2n) is 2.97. The molecule has 0 fully saturated rings. The third kappa shape index (κ3) is 4.58. The van der Waals surface area contributed by atoms with Crippen LogP contribution in [0.25, 0.3) is 6.08 Å². The van der Waals surface area contributed by atoms with Crippen molar-refractivity contribution in [3.63, 3.8) is 0 Å². The van der Waals surface area contributed by atoms with E-state index in [1.54, 1.807) is 0 Å². The Morgan fingerprint density at radius 3 is 2.71 bits per heavy atom. The van der Waals surface area contributed by atoms with Gasteiger partial charge in [0.05, 0.1) is 0 Å². The summed E-state index contributed by atoms with van der Waals surface area (Å²) in [5.41, 5.74) is 6.53. The first-order valence-electron chi connectivity index (χ1n) is 4.85. The summed E-state index contributed by atoms with van der Waals surface area (Å²) in [6.07, 6.45) is 6.76. The topological polar surface area (TPSA) is 38.4 Å². The highest BCUT2D eigenvalue weighted by molar-refractivity contribution is 5.78. The van der Waals surface area contributed by atoms with Crippen molar-refractivity contribution < 1.29 is 0 Å². The van der Waals surface area contributed by atoms with E-state index in [1.807, 2.05) is 36.6 Å². The molecule has 0 aliphatic carbocycles. The Hall–Kier alpha value is -1.41. The number of nitrogens with zero attached hydrogens (tertiary/aromatic N) is 1. The van der Waals surface area contributed by atoms with Crippen LogP contribution < -0.4 is 5.73 Å². The highest BCUT2D eigenvalue weighted by atomic mass is 14.7. The molecule has 0 aromatic heterocycles. The van der Waals surface area contributed by atoms with Crippen molar-refractivity contribution in [1.29, 1.82) is 0 Å². The molecule has 14 heavy (non-hydrogen) atoms. The number of hydrogen-bond donors (Lipinski definition) is 1. The second kappa shape index (κ2) is 7.04. The zero-order chi connectivity index (χ0) is 10.1. The van der Waals surface area contributed by atoms with Gasteiger partial charge >= 0.3 is 0 Å². The Bertz CT molecular complexity index is 288. The average molecular weight is 188 g/mol. The van der Waals surface area contributed by atoms with Gasteiger partial charge in [-0.05, 0) is 24.6 Å². The molecule has 0 heterocycles. The van der Waals surface area contributed by atoms with Crippen LogP contribution in [0.15, 0.2) is 41.4 Å². The summed E-state index contributed by atoms with van der Waals surface area (Å²) in [7, 11) is 0. The van der Waals surface area contributed by atoms with Gasteiger partial charge in [-0.1, -0.05) is 36.4 Å². The van der Waals surface area contributed by atoms with Crippen LogP contribution >= 0.6 is 0 Å². The van der Waals surface area contributed by atoms with E-state index in [4.69, 9.17) is 5.73 Å². The summed E-state index contributed by atoms with van der Waals surface area (Å²) in [5.74, 6) is 0. The lowest BCUT2D eigenvalue weighted by molar-refractivity contribution is 0.848. The highest BCUT2D eigenvalue weighted by Crippen LogP contribution is 1.99. The van der Waals surface area contributed by atoms with Gasteiger partial charge in [-0.15, -0.1) is 0 Å². The standard InChI is InChI=1S/C12H16N2/c13-9-5-11-14-10-4-8-12-6-2-1-3-7-12/h1-4,6-8,10H,5,9,11,13H2/b8-4+,14-10?. The van der Waals surface area contributed by atoms with E-state index >= 15 is 0 Å². The molecule has 0 amide bonds. The Labute approximate surface area is 85.2 Å². The van der Waals surface area contributed by atoms with Crippen LogP contribution in [-0.4, -0.2) is 19.3 Å². The third-order valence-corrected chi connectivity index (χ3v) is 1.77. The normalized spacial score (nSPS) is 11.5. The molecule has 2 nitrogen and oxygen atoms in total. The number of nitrogens with two attached hydrogens (primary N) is 1.